The van der Waals surface area contributed by atoms with Crippen molar-refractivity contribution in [2.45, 2.75) is 26.8 Å². The fraction of sp³-hybridized carbons (Fsp3) is 0.500. The lowest BCUT2D eigenvalue weighted by atomic mass is 9.98. The molecule has 3 rings (SSSR count). The number of amides is 1. The van der Waals surface area contributed by atoms with Crippen molar-refractivity contribution >= 4 is 5.91 Å². The standard InChI is InChI=1S/C18H24N4O2/c1-12(2)16-11-21(4)8-9-22(16)18(23)15-7-5-6-14(10-15)17-20-19-13(3)24-17/h5-7,10,12,16H,8-9,11H2,1-4H3/t16-/m0/s1. The van der Waals surface area contributed by atoms with E-state index in [9.17, 15) is 4.79 Å². The fourth-order valence-electron chi connectivity index (χ4n) is 3.14. The Morgan fingerprint density at radius 2 is 2.08 bits per heavy atom. The third-order valence-electron chi connectivity index (χ3n) is 4.53. The van der Waals surface area contributed by atoms with Gasteiger partial charge in [0.05, 0.1) is 0 Å². The van der Waals surface area contributed by atoms with Gasteiger partial charge in [-0.3, -0.25) is 4.79 Å². The van der Waals surface area contributed by atoms with E-state index in [0.717, 1.165) is 25.2 Å². The number of aryl methyl sites for hydroxylation is 1. The number of aromatic nitrogens is 2. The predicted molar refractivity (Wildman–Crippen MR) is 91.6 cm³/mol. The minimum absolute atomic E-state index is 0.0693. The SMILES string of the molecule is Cc1nnc(-c2cccc(C(=O)N3CCN(C)C[C@H]3C(C)C)c2)o1. The van der Waals surface area contributed by atoms with E-state index in [1.807, 2.05) is 29.2 Å². The molecular weight excluding hydrogens is 304 g/mol. The van der Waals surface area contributed by atoms with Gasteiger partial charge in [-0.2, -0.15) is 0 Å². The van der Waals surface area contributed by atoms with E-state index >= 15 is 0 Å². The van der Waals surface area contributed by atoms with Crippen LogP contribution in [0.2, 0.25) is 0 Å². The van der Waals surface area contributed by atoms with Crippen molar-refractivity contribution in [3.8, 4) is 11.5 Å². The second kappa shape index (κ2) is 6.73. The molecule has 2 aromatic rings. The lowest BCUT2D eigenvalue weighted by Gasteiger charge is -2.42. The lowest BCUT2D eigenvalue weighted by molar-refractivity contribution is 0.0402. The molecule has 1 amide bonds. The van der Waals surface area contributed by atoms with Crippen LogP contribution in [0.4, 0.5) is 0 Å². The molecule has 0 unspecified atom stereocenters. The second-order valence-electron chi connectivity index (χ2n) is 6.78. The van der Waals surface area contributed by atoms with Crippen molar-refractivity contribution in [1.29, 1.82) is 0 Å². The number of carbonyl (C=O) groups is 1. The largest absolute Gasteiger partial charge is 0.421 e. The molecule has 0 aliphatic carbocycles. The molecule has 0 bridgehead atoms. The second-order valence-corrected chi connectivity index (χ2v) is 6.78. The first-order valence-electron chi connectivity index (χ1n) is 8.35. The maximum atomic E-state index is 13.1. The van der Waals surface area contributed by atoms with Crippen LogP contribution in [-0.2, 0) is 0 Å². The number of rotatable bonds is 3. The molecule has 1 atom stereocenters. The zero-order valence-electron chi connectivity index (χ0n) is 14.7. The number of benzene rings is 1. The van der Waals surface area contributed by atoms with Gasteiger partial charge in [-0.15, -0.1) is 10.2 Å². The van der Waals surface area contributed by atoms with Crippen molar-refractivity contribution < 1.29 is 9.21 Å². The molecule has 1 fully saturated rings. The summed E-state index contributed by atoms with van der Waals surface area (Å²) in [7, 11) is 2.11. The van der Waals surface area contributed by atoms with Gasteiger partial charge in [0.25, 0.3) is 5.91 Å². The number of hydrogen-bond acceptors (Lipinski definition) is 5. The van der Waals surface area contributed by atoms with Crippen molar-refractivity contribution in [2.75, 3.05) is 26.7 Å². The summed E-state index contributed by atoms with van der Waals surface area (Å²) in [6.07, 6.45) is 0. The van der Waals surface area contributed by atoms with Crippen LogP contribution < -0.4 is 0 Å². The van der Waals surface area contributed by atoms with Gasteiger partial charge in [-0.1, -0.05) is 19.9 Å². The first-order valence-corrected chi connectivity index (χ1v) is 8.35. The summed E-state index contributed by atoms with van der Waals surface area (Å²) < 4.78 is 5.47. The van der Waals surface area contributed by atoms with Crippen LogP contribution >= 0.6 is 0 Å². The molecule has 0 radical (unpaired) electrons. The average molecular weight is 328 g/mol. The summed E-state index contributed by atoms with van der Waals surface area (Å²) in [6.45, 7) is 8.65. The first kappa shape index (κ1) is 16.6. The van der Waals surface area contributed by atoms with Crippen LogP contribution in [0.3, 0.4) is 0 Å². The summed E-state index contributed by atoms with van der Waals surface area (Å²) >= 11 is 0. The Labute approximate surface area is 142 Å². The molecular formula is C18H24N4O2. The first-order chi connectivity index (χ1) is 11.5. The van der Waals surface area contributed by atoms with E-state index in [1.54, 1.807) is 6.92 Å². The van der Waals surface area contributed by atoms with Crippen molar-refractivity contribution in [2.24, 2.45) is 5.92 Å². The van der Waals surface area contributed by atoms with E-state index in [0.29, 0.717) is 23.3 Å². The van der Waals surface area contributed by atoms with Gasteiger partial charge in [0.1, 0.15) is 0 Å². The van der Waals surface area contributed by atoms with Crippen molar-refractivity contribution in [1.82, 2.24) is 20.0 Å². The molecule has 24 heavy (non-hydrogen) atoms. The zero-order valence-corrected chi connectivity index (χ0v) is 14.7. The maximum absolute atomic E-state index is 13.1. The minimum Gasteiger partial charge on any atom is -0.421 e. The Morgan fingerprint density at radius 1 is 1.29 bits per heavy atom. The van der Waals surface area contributed by atoms with E-state index in [2.05, 4.69) is 36.0 Å². The van der Waals surface area contributed by atoms with Gasteiger partial charge in [-0.05, 0) is 31.2 Å². The van der Waals surface area contributed by atoms with Crippen LogP contribution in [-0.4, -0.2) is 58.6 Å². The highest BCUT2D eigenvalue weighted by Gasteiger charge is 2.31. The van der Waals surface area contributed by atoms with Crippen LogP contribution in [0.5, 0.6) is 0 Å². The highest BCUT2D eigenvalue weighted by Crippen LogP contribution is 2.23. The van der Waals surface area contributed by atoms with E-state index in [4.69, 9.17) is 4.42 Å². The molecule has 1 aliphatic rings. The highest BCUT2D eigenvalue weighted by atomic mass is 16.4. The lowest BCUT2D eigenvalue weighted by Crippen LogP contribution is -2.56. The van der Waals surface area contributed by atoms with Crippen LogP contribution in [0.15, 0.2) is 28.7 Å². The Morgan fingerprint density at radius 3 is 2.75 bits per heavy atom. The third-order valence-corrected chi connectivity index (χ3v) is 4.53. The van der Waals surface area contributed by atoms with Gasteiger partial charge in [0.2, 0.25) is 11.8 Å². The van der Waals surface area contributed by atoms with Crippen LogP contribution in [0.1, 0.15) is 30.1 Å². The van der Waals surface area contributed by atoms with Crippen molar-refractivity contribution in [3.63, 3.8) is 0 Å². The molecule has 1 saturated heterocycles. The highest BCUT2D eigenvalue weighted by molar-refractivity contribution is 5.95. The van der Waals surface area contributed by atoms with E-state index in [1.165, 1.54) is 0 Å². The molecule has 0 spiro atoms. The summed E-state index contributed by atoms with van der Waals surface area (Å²) in [6, 6.07) is 7.66. The molecule has 1 aromatic heterocycles. The Bertz CT molecular complexity index is 725. The fourth-order valence-corrected chi connectivity index (χ4v) is 3.14. The average Bonchev–Trinajstić information content (AvgIpc) is 3.01. The Hall–Kier alpha value is -2.21. The number of carbonyl (C=O) groups excluding carboxylic acids is 1. The number of nitrogens with zero attached hydrogens (tertiary/aromatic N) is 4. The van der Waals surface area contributed by atoms with Crippen LogP contribution in [0.25, 0.3) is 11.5 Å². The summed E-state index contributed by atoms with van der Waals surface area (Å²) in [5.41, 5.74) is 1.44. The third kappa shape index (κ3) is 3.33. The summed E-state index contributed by atoms with van der Waals surface area (Å²) in [4.78, 5) is 17.3. The van der Waals surface area contributed by atoms with Crippen LogP contribution in [0, 0.1) is 12.8 Å². The van der Waals surface area contributed by atoms with Crippen molar-refractivity contribution in [3.05, 3.63) is 35.7 Å². The van der Waals surface area contributed by atoms with Gasteiger partial charge < -0.3 is 14.2 Å². The van der Waals surface area contributed by atoms with Gasteiger partial charge in [-0.25, -0.2) is 0 Å². The molecule has 2 heterocycles. The maximum Gasteiger partial charge on any atom is 0.254 e. The van der Waals surface area contributed by atoms with E-state index in [-0.39, 0.29) is 11.9 Å². The van der Waals surface area contributed by atoms with E-state index < -0.39 is 0 Å². The van der Waals surface area contributed by atoms with Gasteiger partial charge >= 0.3 is 0 Å². The molecule has 1 aliphatic heterocycles. The number of piperazine rings is 1. The van der Waals surface area contributed by atoms with Gasteiger partial charge in [0.15, 0.2) is 0 Å². The smallest absolute Gasteiger partial charge is 0.254 e. The Kier molecular flexibility index (Phi) is 4.66. The molecule has 0 saturated carbocycles. The minimum atomic E-state index is 0.0693. The summed E-state index contributed by atoms with van der Waals surface area (Å²) in [5.74, 6) is 1.44. The zero-order chi connectivity index (χ0) is 17.3. The topological polar surface area (TPSA) is 62.5 Å². The molecule has 6 heteroatoms. The molecule has 128 valence electrons. The number of hydrogen-bond donors (Lipinski definition) is 0. The monoisotopic (exact) mass is 328 g/mol. The summed E-state index contributed by atoms with van der Waals surface area (Å²) in [5, 5.41) is 7.89. The molecule has 6 nitrogen and oxygen atoms in total. The predicted octanol–water partition coefficient (Wildman–Crippen LogP) is 2.46. The Balaban J connectivity index is 1.86. The van der Waals surface area contributed by atoms with Gasteiger partial charge in [0, 0.05) is 43.7 Å². The molecule has 1 aromatic carbocycles. The normalized spacial score (nSPS) is 19.0. The molecule has 0 N–H and O–H groups in total. The quantitative estimate of drug-likeness (QED) is 0.866. The number of likely N-dealkylation sites (N-methyl/N-ethyl adjacent to an activating group) is 1.